The highest BCUT2D eigenvalue weighted by Gasteiger charge is 2.20. The molecule has 9 heteroatoms. The highest BCUT2D eigenvalue weighted by atomic mass is 16.6. The van der Waals surface area contributed by atoms with Crippen LogP contribution in [0.15, 0.2) is 45.6 Å². The van der Waals surface area contributed by atoms with Crippen LogP contribution in [0.2, 0.25) is 0 Å². The number of rotatable bonds is 4. The second-order valence-electron chi connectivity index (χ2n) is 6.80. The van der Waals surface area contributed by atoms with Crippen molar-refractivity contribution in [1.82, 2.24) is 4.90 Å². The molecule has 1 N–H and O–H groups in total. The van der Waals surface area contributed by atoms with E-state index in [4.69, 9.17) is 23.4 Å². The number of carbonyl (C=O) groups excluding carboxylic acids is 1. The lowest BCUT2D eigenvalue weighted by Gasteiger charge is -2.25. The van der Waals surface area contributed by atoms with E-state index in [0.717, 1.165) is 0 Å². The SMILES string of the molecule is COc1cc2oc(-c3ccc(OC(=O)N4CCOCC4)cc3)cc(=O)c2c(O)c1OC. The Morgan fingerprint density at radius 1 is 1.06 bits per heavy atom. The molecule has 1 saturated heterocycles. The Labute approximate surface area is 177 Å². The fourth-order valence-corrected chi connectivity index (χ4v) is 3.35. The van der Waals surface area contributed by atoms with Crippen molar-refractivity contribution in [3.05, 3.63) is 46.6 Å². The van der Waals surface area contributed by atoms with Crippen LogP contribution in [0.5, 0.6) is 23.0 Å². The van der Waals surface area contributed by atoms with E-state index in [1.807, 2.05) is 0 Å². The Hall–Kier alpha value is -3.72. The third-order valence-corrected chi connectivity index (χ3v) is 4.95. The Kier molecular flexibility index (Phi) is 5.68. The van der Waals surface area contributed by atoms with Gasteiger partial charge >= 0.3 is 6.09 Å². The number of phenols is 1. The van der Waals surface area contributed by atoms with Crippen molar-refractivity contribution in [3.63, 3.8) is 0 Å². The molecule has 1 fully saturated rings. The summed E-state index contributed by atoms with van der Waals surface area (Å²) in [7, 11) is 2.79. The number of ether oxygens (including phenoxy) is 4. The number of fused-ring (bicyclic) bond motifs is 1. The van der Waals surface area contributed by atoms with Crippen molar-refractivity contribution < 1.29 is 33.3 Å². The van der Waals surface area contributed by atoms with Crippen LogP contribution in [0, 0.1) is 0 Å². The number of morpholine rings is 1. The first-order valence-electron chi connectivity index (χ1n) is 9.58. The average molecular weight is 427 g/mol. The molecule has 0 atom stereocenters. The Morgan fingerprint density at radius 2 is 1.77 bits per heavy atom. The first-order chi connectivity index (χ1) is 15.0. The summed E-state index contributed by atoms with van der Waals surface area (Å²) in [6.45, 7) is 1.95. The number of nitrogens with zero attached hydrogens (tertiary/aromatic N) is 1. The van der Waals surface area contributed by atoms with Crippen LogP contribution < -0.4 is 19.6 Å². The van der Waals surface area contributed by atoms with Crippen molar-refractivity contribution in [2.45, 2.75) is 0 Å². The predicted octanol–water partition coefficient (Wildman–Crippen LogP) is 3.01. The monoisotopic (exact) mass is 427 g/mol. The molecule has 2 heterocycles. The summed E-state index contributed by atoms with van der Waals surface area (Å²) < 4.78 is 26.8. The third-order valence-electron chi connectivity index (χ3n) is 4.95. The maximum atomic E-state index is 12.6. The smallest absolute Gasteiger partial charge is 0.415 e. The van der Waals surface area contributed by atoms with Gasteiger partial charge in [-0.2, -0.15) is 0 Å². The summed E-state index contributed by atoms with van der Waals surface area (Å²) in [5.74, 6) is 0.602. The minimum atomic E-state index is -0.440. The molecule has 1 aliphatic heterocycles. The van der Waals surface area contributed by atoms with E-state index in [2.05, 4.69) is 0 Å². The molecule has 31 heavy (non-hydrogen) atoms. The number of methoxy groups -OCH3 is 2. The Bertz CT molecular complexity index is 1160. The van der Waals surface area contributed by atoms with Gasteiger partial charge in [0, 0.05) is 30.8 Å². The van der Waals surface area contributed by atoms with Crippen molar-refractivity contribution in [2.75, 3.05) is 40.5 Å². The zero-order chi connectivity index (χ0) is 22.0. The third kappa shape index (κ3) is 3.99. The summed E-state index contributed by atoms with van der Waals surface area (Å²) in [4.78, 5) is 26.4. The van der Waals surface area contributed by atoms with E-state index in [1.54, 1.807) is 29.2 Å². The number of hydrogen-bond donors (Lipinski definition) is 1. The largest absolute Gasteiger partial charge is 0.504 e. The molecule has 0 aliphatic carbocycles. The maximum Gasteiger partial charge on any atom is 0.415 e. The Balaban J connectivity index is 1.62. The molecule has 1 aliphatic rings. The van der Waals surface area contributed by atoms with Crippen molar-refractivity contribution >= 4 is 17.1 Å². The molecule has 0 saturated carbocycles. The first kappa shape index (κ1) is 20.5. The Morgan fingerprint density at radius 3 is 2.42 bits per heavy atom. The van der Waals surface area contributed by atoms with Crippen molar-refractivity contribution in [1.29, 1.82) is 0 Å². The number of amides is 1. The summed E-state index contributed by atoms with van der Waals surface area (Å²) in [6.07, 6.45) is -0.440. The van der Waals surface area contributed by atoms with E-state index in [9.17, 15) is 14.7 Å². The number of carbonyl (C=O) groups is 1. The summed E-state index contributed by atoms with van der Waals surface area (Å²) in [6, 6.07) is 9.34. The molecule has 1 amide bonds. The lowest BCUT2D eigenvalue weighted by atomic mass is 10.1. The average Bonchev–Trinajstić information content (AvgIpc) is 2.79. The fourth-order valence-electron chi connectivity index (χ4n) is 3.35. The van der Waals surface area contributed by atoms with Crippen LogP contribution in [0.3, 0.4) is 0 Å². The van der Waals surface area contributed by atoms with E-state index in [-0.39, 0.29) is 34.0 Å². The molecular weight excluding hydrogens is 406 g/mol. The highest BCUT2D eigenvalue weighted by Crippen LogP contribution is 2.42. The standard InChI is InChI=1S/C22H21NO8/c1-27-18-12-17-19(20(25)21(18)28-2)15(24)11-16(31-17)13-3-5-14(6-4-13)30-22(26)23-7-9-29-10-8-23/h3-6,11-12,25H,7-10H2,1-2H3. The zero-order valence-electron chi connectivity index (χ0n) is 17.0. The summed E-state index contributed by atoms with van der Waals surface area (Å²) in [5.41, 5.74) is 0.317. The van der Waals surface area contributed by atoms with Gasteiger partial charge in [0.2, 0.25) is 5.75 Å². The van der Waals surface area contributed by atoms with Crippen molar-refractivity contribution in [3.8, 4) is 34.3 Å². The van der Waals surface area contributed by atoms with Crippen LogP contribution in [0.1, 0.15) is 0 Å². The van der Waals surface area contributed by atoms with Gasteiger partial charge in [0.05, 0.1) is 27.4 Å². The van der Waals surface area contributed by atoms with Gasteiger partial charge in [-0.25, -0.2) is 4.79 Å². The van der Waals surface area contributed by atoms with E-state index < -0.39 is 11.5 Å². The van der Waals surface area contributed by atoms with Gasteiger partial charge in [-0.15, -0.1) is 0 Å². The molecule has 0 bridgehead atoms. The molecule has 3 aromatic rings. The molecule has 9 nitrogen and oxygen atoms in total. The van der Waals surface area contributed by atoms with Gasteiger partial charge in [0.1, 0.15) is 22.5 Å². The van der Waals surface area contributed by atoms with Crippen LogP contribution in [-0.2, 0) is 4.74 Å². The highest BCUT2D eigenvalue weighted by molar-refractivity contribution is 5.89. The molecular formula is C22H21NO8. The van der Waals surface area contributed by atoms with E-state index in [0.29, 0.717) is 37.6 Å². The van der Waals surface area contributed by atoms with Crippen LogP contribution in [-0.4, -0.2) is 56.6 Å². The quantitative estimate of drug-likeness (QED) is 0.677. The molecule has 0 unspecified atom stereocenters. The second kappa shape index (κ2) is 8.57. The summed E-state index contributed by atoms with van der Waals surface area (Å²) >= 11 is 0. The van der Waals surface area contributed by atoms with Gasteiger partial charge in [0.25, 0.3) is 0 Å². The topological polar surface area (TPSA) is 108 Å². The molecule has 0 radical (unpaired) electrons. The number of aromatic hydroxyl groups is 1. The van der Waals surface area contributed by atoms with Gasteiger partial charge < -0.3 is 33.4 Å². The van der Waals surface area contributed by atoms with E-state index in [1.165, 1.54) is 26.4 Å². The lowest BCUT2D eigenvalue weighted by molar-refractivity contribution is 0.0416. The molecule has 162 valence electrons. The first-order valence-corrected chi connectivity index (χ1v) is 9.58. The van der Waals surface area contributed by atoms with Crippen LogP contribution >= 0.6 is 0 Å². The minimum absolute atomic E-state index is 0.00235. The van der Waals surface area contributed by atoms with Crippen LogP contribution in [0.25, 0.3) is 22.3 Å². The number of hydrogen-bond acceptors (Lipinski definition) is 8. The van der Waals surface area contributed by atoms with Crippen LogP contribution in [0.4, 0.5) is 4.79 Å². The number of benzene rings is 2. The van der Waals surface area contributed by atoms with Gasteiger partial charge in [-0.05, 0) is 24.3 Å². The normalized spacial score (nSPS) is 13.8. The second-order valence-corrected chi connectivity index (χ2v) is 6.80. The minimum Gasteiger partial charge on any atom is -0.504 e. The molecule has 2 aromatic carbocycles. The zero-order valence-corrected chi connectivity index (χ0v) is 17.0. The maximum absolute atomic E-state index is 12.6. The van der Waals surface area contributed by atoms with Crippen molar-refractivity contribution in [2.24, 2.45) is 0 Å². The van der Waals surface area contributed by atoms with E-state index >= 15 is 0 Å². The molecule has 1 aromatic heterocycles. The number of phenolic OH excluding ortho intramolecular Hbond substituents is 1. The summed E-state index contributed by atoms with van der Waals surface area (Å²) in [5, 5.41) is 10.4. The fraction of sp³-hybridized carbons (Fsp3) is 0.273. The molecule has 0 spiro atoms. The van der Waals surface area contributed by atoms with Gasteiger partial charge in [0.15, 0.2) is 16.9 Å². The predicted molar refractivity (Wildman–Crippen MR) is 111 cm³/mol. The van der Waals surface area contributed by atoms with Gasteiger partial charge in [-0.1, -0.05) is 0 Å². The molecule has 4 rings (SSSR count). The van der Waals surface area contributed by atoms with Gasteiger partial charge in [-0.3, -0.25) is 4.79 Å². The lowest BCUT2D eigenvalue weighted by Crippen LogP contribution is -2.42.